The molecule has 4 nitrogen and oxygen atoms in total. The van der Waals surface area contributed by atoms with Crippen molar-refractivity contribution in [2.45, 2.75) is 6.61 Å². The van der Waals surface area contributed by atoms with Crippen LogP contribution < -0.4 is 15.2 Å². The van der Waals surface area contributed by atoms with Crippen LogP contribution in [0.15, 0.2) is 42.6 Å². The van der Waals surface area contributed by atoms with Crippen LogP contribution in [0.25, 0.3) is 0 Å². The lowest BCUT2D eigenvalue weighted by atomic mass is 10.2. The summed E-state index contributed by atoms with van der Waals surface area (Å²) in [6, 6.07) is 11.2. The van der Waals surface area contributed by atoms with Crippen LogP contribution in [-0.4, -0.2) is 12.1 Å². The van der Waals surface area contributed by atoms with Crippen LogP contribution in [-0.2, 0) is 6.61 Å². The summed E-state index contributed by atoms with van der Waals surface area (Å²) in [7, 11) is 1.61. The summed E-state index contributed by atoms with van der Waals surface area (Å²) < 4.78 is 10.8. The van der Waals surface area contributed by atoms with Gasteiger partial charge in [-0.1, -0.05) is 18.2 Å². The van der Waals surface area contributed by atoms with E-state index < -0.39 is 0 Å². The summed E-state index contributed by atoms with van der Waals surface area (Å²) in [5, 5.41) is 0. The van der Waals surface area contributed by atoms with Gasteiger partial charge in [0.2, 0.25) is 0 Å². The quantitative estimate of drug-likeness (QED) is 0.875. The topological polar surface area (TPSA) is 57.4 Å². The number of nitrogens with two attached hydrogens (primary N) is 1. The van der Waals surface area contributed by atoms with Gasteiger partial charge in [-0.15, -0.1) is 0 Å². The van der Waals surface area contributed by atoms with Crippen LogP contribution in [0.4, 0.5) is 5.82 Å². The Morgan fingerprint density at radius 1 is 1.12 bits per heavy atom. The fraction of sp³-hybridized carbons (Fsp3) is 0.154. The molecule has 0 saturated carbocycles. The van der Waals surface area contributed by atoms with Crippen LogP contribution in [0.2, 0.25) is 0 Å². The molecule has 0 unspecified atom stereocenters. The van der Waals surface area contributed by atoms with Crippen LogP contribution in [0, 0.1) is 0 Å². The third kappa shape index (κ3) is 2.66. The number of methoxy groups -OCH3 is 1. The molecule has 0 amide bonds. The highest BCUT2D eigenvalue weighted by atomic mass is 16.5. The van der Waals surface area contributed by atoms with E-state index in [0.29, 0.717) is 23.9 Å². The van der Waals surface area contributed by atoms with Crippen molar-refractivity contribution in [2.75, 3.05) is 12.8 Å². The summed E-state index contributed by atoms with van der Waals surface area (Å²) in [5.74, 6) is 1.88. The SMILES string of the molecule is COc1ccccc1OCc1cccnc1N. The van der Waals surface area contributed by atoms with E-state index >= 15 is 0 Å². The standard InChI is InChI=1S/C13H14N2O2/c1-16-11-6-2-3-7-12(11)17-9-10-5-4-8-15-13(10)14/h2-8H,9H2,1H3,(H2,14,15). The van der Waals surface area contributed by atoms with Crippen LogP contribution in [0.5, 0.6) is 11.5 Å². The molecule has 0 atom stereocenters. The lowest BCUT2D eigenvalue weighted by Gasteiger charge is -2.10. The predicted molar refractivity (Wildman–Crippen MR) is 66.0 cm³/mol. The highest BCUT2D eigenvalue weighted by Gasteiger charge is 2.04. The normalized spacial score (nSPS) is 9.94. The second kappa shape index (κ2) is 5.21. The molecule has 88 valence electrons. The first kappa shape index (κ1) is 11.3. The monoisotopic (exact) mass is 230 g/mol. The van der Waals surface area contributed by atoms with Gasteiger partial charge in [0.15, 0.2) is 11.5 Å². The summed E-state index contributed by atoms with van der Waals surface area (Å²) in [5.41, 5.74) is 6.59. The Bertz CT molecular complexity index is 500. The first-order valence-corrected chi connectivity index (χ1v) is 5.26. The highest BCUT2D eigenvalue weighted by Crippen LogP contribution is 2.26. The Morgan fingerprint density at radius 3 is 2.59 bits per heavy atom. The molecule has 0 aliphatic heterocycles. The van der Waals surface area contributed by atoms with Crippen molar-refractivity contribution in [3.63, 3.8) is 0 Å². The molecule has 0 aliphatic rings. The number of benzene rings is 1. The van der Waals surface area contributed by atoms with Crippen molar-refractivity contribution >= 4 is 5.82 Å². The van der Waals surface area contributed by atoms with E-state index in [1.54, 1.807) is 13.3 Å². The van der Waals surface area contributed by atoms with Gasteiger partial charge in [-0.05, 0) is 18.2 Å². The van der Waals surface area contributed by atoms with Crippen molar-refractivity contribution in [1.29, 1.82) is 0 Å². The van der Waals surface area contributed by atoms with Crippen LogP contribution in [0.1, 0.15) is 5.56 Å². The third-order valence-electron chi connectivity index (χ3n) is 2.38. The summed E-state index contributed by atoms with van der Waals surface area (Å²) in [6.45, 7) is 0.375. The molecule has 1 aromatic heterocycles. The summed E-state index contributed by atoms with van der Waals surface area (Å²) in [6.07, 6.45) is 1.65. The fourth-order valence-electron chi connectivity index (χ4n) is 1.47. The molecule has 0 fully saturated rings. The molecule has 0 bridgehead atoms. The second-order valence-corrected chi connectivity index (χ2v) is 3.49. The largest absolute Gasteiger partial charge is 0.493 e. The number of ether oxygens (including phenoxy) is 2. The van der Waals surface area contributed by atoms with Crippen LogP contribution in [0.3, 0.4) is 0 Å². The number of pyridine rings is 1. The number of para-hydroxylation sites is 2. The van der Waals surface area contributed by atoms with Gasteiger partial charge >= 0.3 is 0 Å². The molecule has 1 heterocycles. The van der Waals surface area contributed by atoms with Crippen molar-refractivity contribution < 1.29 is 9.47 Å². The molecule has 1 aromatic carbocycles. The lowest BCUT2D eigenvalue weighted by Crippen LogP contribution is -2.02. The maximum atomic E-state index is 5.73. The number of nitrogen functional groups attached to an aromatic ring is 1. The van der Waals surface area contributed by atoms with E-state index in [4.69, 9.17) is 15.2 Å². The van der Waals surface area contributed by atoms with E-state index in [2.05, 4.69) is 4.98 Å². The Balaban J connectivity index is 2.10. The number of anilines is 1. The Hall–Kier alpha value is -2.23. The second-order valence-electron chi connectivity index (χ2n) is 3.49. The van der Waals surface area contributed by atoms with E-state index in [1.165, 1.54) is 0 Å². The molecule has 2 aromatic rings. The molecular weight excluding hydrogens is 216 g/mol. The zero-order valence-electron chi connectivity index (χ0n) is 9.59. The van der Waals surface area contributed by atoms with Gasteiger partial charge in [-0.25, -0.2) is 4.98 Å². The molecule has 0 saturated heterocycles. The summed E-state index contributed by atoms with van der Waals surface area (Å²) >= 11 is 0. The first-order valence-electron chi connectivity index (χ1n) is 5.26. The molecule has 17 heavy (non-hydrogen) atoms. The van der Waals surface area contributed by atoms with Crippen molar-refractivity contribution in [3.8, 4) is 11.5 Å². The Labute approximate surface area is 100 Å². The van der Waals surface area contributed by atoms with Crippen molar-refractivity contribution in [1.82, 2.24) is 4.98 Å². The van der Waals surface area contributed by atoms with Crippen molar-refractivity contribution in [3.05, 3.63) is 48.2 Å². The zero-order chi connectivity index (χ0) is 12.1. The molecule has 0 aliphatic carbocycles. The van der Waals surface area contributed by atoms with Crippen LogP contribution >= 0.6 is 0 Å². The van der Waals surface area contributed by atoms with Gasteiger partial charge in [0, 0.05) is 11.8 Å². The van der Waals surface area contributed by atoms with E-state index in [9.17, 15) is 0 Å². The molecule has 0 spiro atoms. The van der Waals surface area contributed by atoms with Gasteiger partial charge in [0.1, 0.15) is 12.4 Å². The zero-order valence-corrected chi connectivity index (χ0v) is 9.59. The first-order chi connectivity index (χ1) is 8.31. The van der Waals surface area contributed by atoms with Gasteiger partial charge in [0.25, 0.3) is 0 Å². The Morgan fingerprint density at radius 2 is 1.88 bits per heavy atom. The van der Waals surface area contributed by atoms with E-state index in [-0.39, 0.29) is 0 Å². The minimum atomic E-state index is 0.375. The highest BCUT2D eigenvalue weighted by molar-refractivity contribution is 5.41. The van der Waals surface area contributed by atoms with Crippen molar-refractivity contribution in [2.24, 2.45) is 0 Å². The molecule has 0 radical (unpaired) electrons. The lowest BCUT2D eigenvalue weighted by molar-refractivity contribution is 0.285. The minimum Gasteiger partial charge on any atom is -0.493 e. The maximum absolute atomic E-state index is 5.73. The molecule has 2 N–H and O–H groups in total. The fourth-order valence-corrected chi connectivity index (χ4v) is 1.47. The van der Waals surface area contributed by atoms with Gasteiger partial charge in [-0.3, -0.25) is 0 Å². The van der Waals surface area contributed by atoms with Gasteiger partial charge in [0.05, 0.1) is 7.11 Å². The van der Waals surface area contributed by atoms with E-state index in [0.717, 1.165) is 5.56 Å². The Kier molecular flexibility index (Phi) is 3.45. The number of hydrogen-bond acceptors (Lipinski definition) is 4. The average Bonchev–Trinajstić information content (AvgIpc) is 2.38. The maximum Gasteiger partial charge on any atom is 0.161 e. The molecule has 4 heteroatoms. The predicted octanol–water partition coefficient (Wildman–Crippen LogP) is 2.25. The van der Waals surface area contributed by atoms with Gasteiger partial charge < -0.3 is 15.2 Å². The van der Waals surface area contributed by atoms with E-state index in [1.807, 2.05) is 36.4 Å². The number of rotatable bonds is 4. The molecular formula is C13H14N2O2. The summed E-state index contributed by atoms with van der Waals surface area (Å²) in [4.78, 5) is 4.00. The van der Waals surface area contributed by atoms with Gasteiger partial charge in [-0.2, -0.15) is 0 Å². The number of hydrogen-bond donors (Lipinski definition) is 1. The third-order valence-corrected chi connectivity index (χ3v) is 2.38. The average molecular weight is 230 g/mol. The number of nitrogens with zero attached hydrogens (tertiary/aromatic N) is 1. The molecule has 2 rings (SSSR count). The number of aromatic nitrogens is 1. The minimum absolute atomic E-state index is 0.375. The smallest absolute Gasteiger partial charge is 0.161 e.